The summed E-state index contributed by atoms with van der Waals surface area (Å²) in [6.45, 7) is 7.12. The molecule has 0 unspecified atom stereocenters. The summed E-state index contributed by atoms with van der Waals surface area (Å²) in [6, 6.07) is 8.66. The third kappa shape index (κ3) is 6.01. The molecule has 1 aliphatic heterocycles. The average molecular weight is 447 g/mol. The molecule has 2 aromatic rings. The van der Waals surface area contributed by atoms with Gasteiger partial charge in [-0.1, -0.05) is 11.6 Å². The number of rotatable bonds is 8. The first-order valence-corrected chi connectivity index (χ1v) is 10.7. The SMILES string of the molecule is CCOc1ccc(C(=O)NCC(=O)N2CCN(c3ccc(Cl)cn3)CC2)cc1OCC. The van der Waals surface area contributed by atoms with Gasteiger partial charge in [0.25, 0.3) is 5.91 Å². The first-order chi connectivity index (χ1) is 15.0. The maximum Gasteiger partial charge on any atom is 0.251 e. The standard InChI is InChI=1S/C22H27ClN4O4/c1-3-30-18-7-5-16(13-19(18)31-4-2)22(29)25-15-21(28)27-11-9-26(10-12-27)20-8-6-17(23)14-24-20/h5-8,13-14H,3-4,9-12,15H2,1-2H3,(H,25,29). The second kappa shape index (κ2) is 10.9. The van der Waals surface area contributed by atoms with Crippen LogP contribution in [0.1, 0.15) is 24.2 Å². The number of piperazine rings is 1. The van der Waals surface area contributed by atoms with Gasteiger partial charge in [0.15, 0.2) is 11.5 Å². The van der Waals surface area contributed by atoms with Crippen LogP contribution in [-0.2, 0) is 4.79 Å². The summed E-state index contributed by atoms with van der Waals surface area (Å²) in [4.78, 5) is 33.2. The van der Waals surface area contributed by atoms with Crippen molar-refractivity contribution in [3.05, 3.63) is 47.1 Å². The lowest BCUT2D eigenvalue weighted by molar-refractivity contribution is -0.130. The van der Waals surface area contributed by atoms with E-state index in [1.165, 1.54) is 0 Å². The Morgan fingerprint density at radius 2 is 1.74 bits per heavy atom. The van der Waals surface area contributed by atoms with Gasteiger partial charge in [0, 0.05) is 37.9 Å². The summed E-state index contributed by atoms with van der Waals surface area (Å²) in [6.07, 6.45) is 1.61. The van der Waals surface area contributed by atoms with Crippen molar-refractivity contribution < 1.29 is 19.1 Å². The zero-order chi connectivity index (χ0) is 22.2. The number of hydrogen-bond donors (Lipinski definition) is 1. The molecule has 166 valence electrons. The van der Waals surface area contributed by atoms with E-state index in [9.17, 15) is 9.59 Å². The number of amides is 2. The van der Waals surface area contributed by atoms with Gasteiger partial charge in [0.05, 0.1) is 24.8 Å². The normalized spacial score (nSPS) is 13.6. The number of carbonyl (C=O) groups is 2. The summed E-state index contributed by atoms with van der Waals surface area (Å²) in [5.74, 6) is 1.49. The molecule has 1 N–H and O–H groups in total. The molecule has 1 aliphatic rings. The molecule has 1 aromatic carbocycles. The summed E-state index contributed by atoms with van der Waals surface area (Å²) >= 11 is 5.88. The average Bonchev–Trinajstić information content (AvgIpc) is 2.79. The number of anilines is 1. The van der Waals surface area contributed by atoms with E-state index >= 15 is 0 Å². The fourth-order valence-corrected chi connectivity index (χ4v) is 3.41. The van der Waals surface area contributed by atoms with E-state index in [-0.39, 0.29) is 18.4 Å². The van der Waals surface area contributed by atoms with E-state index in [0.717, 1.165) is 5.82 Å². The Balaban J connectivity index is 1.51. The van der Waals surface area contributed by atoms with Crippen molar-refractivity contribution in [2.24, 2.45) is 0 Å². The van der Waals surface area contributed by atoms with Gasteiger partial charge < -0.3 is 24.6 Å². The molecule has 0 bridgehead atoms. The summed E-state index contributed by atoms with van der Waals surface area (Å²) in [7, 11) is 0. The van der Waals surface area contributed by atoms with Crippen LogP contribution in [0.3, 0.4) is 0 Å². The van der Waals surface area contributed by atoms with Gasteiger partial charge in [-0.05, 0) is 44.2 Å². The molecule has 9 heteroatoms. The van der Waals surface area contributed by atoms with E-state index in [2.05, 4.69) is 15.2 Å². The zero-order valence-electron chi connectivity index (χ0n) is 17.8. The van der Waals surface area contributed by atoms with E-state index in [4.69, 9.17) is 21.1 Å². The van der Waals surface area contributed by atoms with Crippen LogP contribution in [0.5, 0.6) is 11.5 Å². The van der Waals surface area contributed by atoms with E-state index < -0.39 is 0 Å². The predicted octanol–water partition coefficient (Wildman–Crippen LogP) is 2.61. The highest BCUT2D eigenvalue weighted by Gasteiger charge is 2.22. The van der Waals surface area contributed by atoms with Gasteiger partial charge in [-0.15, -0.1) is 0 Å². The lowest BCUT2D eigenvalue weighted by Crippen LogP contribution is -2.51. The number of halogens is 1. The molecule has 8 nitrogen and oxygen atoms in total. The second-order valence-electron chi connectivity index (χ2n) is 6.91. The van der Waals surface area contributed by atoms with Crippen molar-refractivity contribution in [2.45, 2.75) is 13.8 Å². The molecular weight excluding hydrogens is 420 g/mol. The molecule has 1 saturated heterocycles. The van der Waals surface area contributed by atoms with Crippen molar-refractivity contribution in [3.63, 3.8) is 0 Å². The second-order valence-corrected chi connectivity index (χ2v) is 7.35. The van der Waals surface area contributed by atoms with Crippen molar-refractivity contribution >= 4 is 29.2 Å². The molecule has 1 aromatic heterocycles. The minimum Gasteiger partial charge on any atom is -0.490 e. The predicted molar refractivity (Wildman–Crippen MR) is 119 cm³/mol. The number of nitrogens with one attached hydrogen (secondary N) is 1. The zero-order valence-corrected chi connectivity index (χ0v) is 18.5. The molecule has 0 saturated carbocycles. The summed E-state index contributed by atoms with van der Waals surface area (Å²) < 4.78 is 11.1. The van der Waals surface area contributed by atoms with Gasteiger partial charge in [-0.2, -0.15) is 0 Å². The number of pyridine rings is 1. The summed E-state index contributed by atoms with van der Waals surface area (Å²) in [5.41, 5.74) is 0.415. The molecule has 2 heterocycles. The van der Waals surface area contributed by atoms with E-state index in [1.54, 1.807) is 35.4 Å². The number of benzene rings is 1. The minimum atomic E-state index is -0.332. The molecular formula is C22H27ClN4O4. The van der Waals surface area contributed by atoms with Gasteiger partial charge in [0.2, 0.25) is 5.91 Å². The highest BCUT2D eigenvalue weighted by atomic mass is 35.5. The Morgan fingerprint density at radius 1 is 1.03 bits per heavy atom. The quantitative estimate of drug-likeness (QED) is 0.671. The van der Waals surface area contributed by atoms with Crippen LogP contribution in [0, 0.1) is 0 Å². The maximum atomic E-state index is 12.5. The van der Waals surface area contributed by atoms with Crippen molar-refractivity contribution in [2.75, 3.05) is 50.8 Å². The molecule has 0 spiro atoms. The Bertz CT molecular complexity index is 899. The lowest BCUT2D eigenvalue weighted by atomic mass is 10.2. The van der Waals surface area contributed by atoms with Crippen LogP contribution >= 0.6 is 11.6 Å². The largest absolute Gasteiger partial charge is 0.490 e. The van der Waals surface area contributed by atoms with Crippen LogP contribution in [0.25, 0.3) is 0 Å². The topological polar surface area (TPSA) is 84.0 Å². The fraction of sp³-hybridized carbons (Fsp3) is 0.409. The third-order valence-corrected chi connectivity index (χ3v) is 5.10. The molecule has 0 radical (unpaired) electrons. The molecule has 0 atom stereocenters. The Hall–Kier alpha value is -3.00. The molecule has 0 aliphatic carbocycles. The highest BCUT2D eigenvalue weighted by molar-refractivity contribution is 6.30. The van der Waals surface area contributed by atoms with Crippen LogP contribution < -0.4 is 19.7 Å². The first-order valence-electron chi connectivity index (χ1n) is 10.3. The van der Waals surface area contributed by atoms with E-state index in [1.807, 2.05) is 19.9 Å². The highest BCUT2D eigenvalue weighted by Crippen LogP contribution is 2.28. The number of nitrogens with zero attached hydrogens (tertiary/aromatic N) is 3. The van der Waals surface area contributed by atoms with Gasteiger partial charge in [-0.3, -0.25) is 9.59 Å². The number of carbonyl (C=O) groups excluding carboxylic acids is 2. The smallest absolute Gasteiger partial charge is 0.251 e. The molecule has 1 fully saturated rings. The fourth-order valence-electron chi connectivity index (χ4n) is 3.30. The minimum absolute atomic E-state index is 0.0603. The van der Waals surface area contributed by atoms with Crippen LogP contribution in [0.15, 0.2) is 36.5 Å². The van der Waals surface area contributed by atoms with Crippen molar-refractivity contribution in [3.8, 4) is 11.5 Å². The molecule has 31 heavy (non-hydrogen) atoms. The Labute approximate surface area is 187 Å². The van der Waals surface area contributed by atoms with Crippen LogP contribution in [0.4, 0.5) is 5.82 Å². The molecule has 2 amide bonds. The number of aromatic nitrogens is 1. The van der Waals surface area contributed by atoms with Crippen LogP contribution in [0.2, 0.25) is 5.02 Å². The Kier molecular flexibility index (Phi) is 7.94. The Morgan fingerprint density at radius 3 is 2.39 bits per heavy atom. The van der Waals surface area contributed by atoms with Crippen molar-refractivity contribution in [1.82, 2.24) is 15.2 Å². The van der Waals surface area contributed by atoms with Crippen molar-refractivity contribution in [1.29, 1.82) is 0 Å². The number of hydrogen-bond acceptors (Lipinski definition) is 6. The molecule has 3 rings (SSSR count). The summed E-state index contributed by atoms with van der Waals surface area (Å²) in [5, 5.41) is 3.29. The van der Waals surface area contributed by atoms with Gasteiger partial charge in [-0.25, -0.2) is 4.98 Å². The maximum absolute atomic E-state index is 12.5. The number of ether oxygens (including phenoxy) is 2. The lowest BCUT2D eigenvalue weighted by Gasteiger charge is -2.35. The monoisotopic (exact) mass is 446 g/mol. The van der Waals surface area contributed by atoms with Gasteiger partial charge in [0.1, 0.15) is 5.82 Å². The van der Waals surface area contributed by atoms with Crippen LogP contribution in [-0.4, -0.2) is 67.6 Å². The van der Waals surface area contributed by atoms with Gasteiger partial charge >= 0.3 is 0 Å². The van der Waals surface area contributed by atoms with E-state index in [0.29, 0.717) is 61.5 Å². The first kappa shape index (κ1) is 22.7. The third-order valence-electron chi connectivity index (χ3n) is 4.87.